The Hall–Kier alpha value is -2.45. The summed E-state index contributed by atoms with van der Waals surface area (Å²) in [6, 6.07) is 5.47. The summed E-state index contributed by atoms with van der Waals surface area (Å²) in [7, 11) is 0. The zero-order chi connectivity index (χ0) is 15.8. The van der Waals surface area contributed by atoms with Crippen molar-refractivity contribution in [3.05, 3.63) is 47.0 Å². The summed E-state index contributed by atoms with van der Waals surface area (Å²) in [6.07, 6.45) is 3.79. The molecular formula is C15H15N5O2S. The molecule has 0 fully saturated rings. The second kappa shape index (κ2) is 5.64. The van der Waals surface area contributed by atoms with Crippen LogP contribution in [0.25, 0.3) is 10.6 Å². The number of imidazole rings is 1. The number of carboxylic acids is 1. The van der Waals surface area contributed by atoms with E-state index in [1.54, 1.807) is 23.9 Å². The maximum atomic E-state index is 11.6. The molecule has 4 rings (SSSR count). The first kappa shape index (κ1) is 14.2. The highest BCUT2D eigenvalue weighted by Crippen LogP contribution is 2.29. The number of carbonyl (C=O) groups is 1. The van der Waals surface area contributed by atoms with Gasteiger partial charge in [0.1, 0.15) is 6.04 Å². The molecule has 1 aliphatic heterocycles. The van der Waals surface area contributed by atoms with Crippen LogP contribution < -0.4 is 0 Å². The average molecular weight is 329 g/mol. The summed E-state index contributed by atoms with van der Waals surface area (Å²) >= 11 is 1.65. The van der Waals surface area contributed by atoms with Crippen LogP contribution in [0.2, 0.25) is 0 Å². The lowest BCUT2D eigenvalue weighted by atomic mass is 10.0. The molecule has 1 atom stereocenters. The molecule has 0 saturated carbocycles. The molecule has 3 aromatic heterocycles. The van der Waals surface area contributed by atoms with E-state index < -0.39 is 12.0 Å². The number of aliphatic carboxylic acids is 1. The monoisotopic (exact) mass is 329 g/mol. The van der Waals surface area contributed by atoms with Crippen molar-refractivity contribution < 1.29 is 9.90 Å². The van der Waals surface area contributed by atoms with Crippen molar-refractivity contribution in [3.63, 3.8) is 0 Å². The minimum Gasteiger partial charge on any atom is -0.480 e. The Labute approximate surface area is 136 Å². The Bertz CT molecular complexity index is 823. The van der Waals surface area contributed by atoms with Crippen molar-refractivity contribution in [2.75, 3.05) is 0 Å². The number of nitrogens with one attached hydrogen (secondary N) is 2. The molecule has 0 bridgehead atoms. The van der Waals surface area contributed by atoms with Gasteiger partial charge in [-0.2, -0.15) is 5.10 Å². The lowest BCUT2D eigenvalue weighted by molar-refractivity contribution is -0.144. The van der Waals surface area contributed by atoms with Gasteiger partial charge in [0.05, 0.1) is 28.3 Å². The molecule has 0 saturated heterocycles. The molecule has 118 valence electrons. The molecule has 0 radical (unpaired) electrons. The standard InChI is InChI=1S/C15H15N5O2S/c21-15(22)13-5-11-12(17-8-16-11)7-20(13)6-9-1-2-14(23-9)10-3-4-18-19-10/h1-4,8,13H,5-7H2,(H,16,17)(H,18,19)(H,21,22)/t13-/m0/s1. The molecule has 0 aromatic carbocycles. The van der Waals surface area contributed by atoms with Gasteiger partial charge in [0.2, 0.25) is 0 Å². The van der Waals surface area contributed by atoms with Crippen LogP contribution in [0.1, 0.15) is 16.3 Å². The van der Waals surface area contributed by atoms with Crippen LogP contribution in [0.5, 0.6) is 0 Å². The van der Waals surface area contributed by atoms with Crippen molar-refractivity contribution in [1.29, 1.82) is 0 Å². The number of hydrogen-bond donors (Lipinski definition) is 3. The van der Waals surface area contributed by atoms with Gasteiger partial charge in [-0.15, -0.1) is 11.3 Å². The highest BCUT2D eigenvalue weighted by atomic mass is 32.1. The number of hydrogen-bond acceptors (Lipinski definition) is 5. The van der Waals surface area contributed by atoms with Crippen LogP contribution in [0, 0.1) is 0 Å². The molecule has 8 heteroatoms. The van der Waals surface area contributed by atoms with Gasteiger partial charge < -0.3 is 10.1 Å². The third-order valence-electron chi connectivity index (χ3n) is 4.07. The number of aromatic nitrogens is 4. The summed E-state index contributed by atoms with van der Waals surface area (Å²) in [5.41, 5.74) is 2.84. The van der Waals surface area contributed by atoms with Crippen LogP contribution in [-0.2, 0) is 24.3 Å². The first-order valence-corrected chi connectivity index (χ1v) is 8.09. The highest BCUT2D eigenvalue weighted by Gasteiger charge is 2.33. The zero-order valence-electron chi connectivity index (χ0n) is 12.2. The Morgan fingerprint density at radius 2 is 2.35 bits per heavy atom. The Morgan fingerprint density at radius 3 is 3.13 bits per heavy atom. The van der Waals surface area contributed by atoms with Gasteiger partial charge in [0.25, 0.3) is 0 Å². The predicted octanol–water partition coefficient (Wildman–Crippen LogP) is 1.87. The van der Waals surface area contributed by atoms with Crippen molar-refractivity contribution in [2.24, 2.45) is 0 Å². The van der Waals surface area contributed by atoms with Gasteiger partial charge in [0.15, 0.2) is 0 Å². The number of carboxylic acid groups (broad SMARTS) is 1. The van der Waals surface area contributed by atoms with E-state index in [1.165, 1.54) is 0 Å². The summed E-state index contributed by atoms with van der Waals surface area (Å²) in [5.74, 6) is -0.802. The lowest BCUT2D eigenvalue weighted by Crippen LogP contribution is -2.44. The summed E-state index contributed by atoms with van der Waals surface area (Å²) < 4.78 is 0. The van der Waals surface area contributed by atoms with Crippen LogP contribution in [0.3, 0.4) is 0 Å². The molecule has 0 spiro atoms. The highest BCUT2D eigenvalue weighted by molar-refractivity contribution is 7.15. The molecule has 0 amide bonds. The van der Waals surface area contributed by atoms with Crippen LogP contribution in [0.15, 0.2) is 30.7 Å². The molecule has 0 unspecified atom stereocenters. The molecular weight excluding hydrogens is 314 g/mol. The van der Waals surface area contributed by atoms with E-state index >= 15 is 0 Å². The normalized spacial score (nSPS) is 18.0. The number of fused-ring (bicyclic) bond motifs is 1. The van der Waals surface area contributed by atoms with E-state index in [4.69, 9.17) is 0 Å². The third kappa shape index (κ3) is 2.66. The quantitative estimate of drug-likeness (QED) is 0.679. The van der Waals surface area contributed by atoms with E-state index in [-0.39, 0.29) is 0 Å². The zero-order valence-corrected chi connectivity index (χ0v) is 13.0. The maximum absolute atomic E-state index is 11.6. The third-order valence-corrected chi connectivity index (χ3v) is 5.17. The van der Waals surface area contributed by atoms with E-state index in [0.29, 0.717) is 19.5 Å². The van der Waals surface area contributed by atoms with Gasteiger partial charge in [-0.25, -0.2) is 4.98 Å². The molecule has 3 aromatic rings. The van der Waals surface area contributed by atoms with Crippen molar-refractivity contribution in [1.82, 2.24) is 25.1 Å². The van der Waals surface area contributed by atoms with Crippen LogP contribution >= 0.6 is 11.3 Å². The van der Waals surface area contributed by atoms with Crippen LogP contribution in [0.4, 0.5) is 0 Å². The fourth-order valence-corrected chi connectivity index (χ4v) is 3.91. The summed E-state index contributed by atoms with van der Waals surface area (Å²) in [4.78, 5) is 23.1. The molecule has 7 nitrogen and oxygen atoms in total. The van der Waals surface area contributed by atoms with Gasteiger partial charge in [-0.1, -0.05) is 0 Å². The van der Waals surface area contributed by atoms with Crippen molar-refractivity contribution >= 4 is 17.3 Å². The SMILES string of the molecule is O=C(O)[C@@H]1Cc2nc[nH]c2CN1Cc1ccc(-c2ccn[nH]2)s1. The largest absolute Gasteiger partial charge is 0.480 e. The maximum Gasteiger partial charge on any atom is 0.321 e. The second-order valence-corrected chi connectivity index (χ2v) is 6.70. The Balaban J connectivity index is 1.56. The van der Waals surface area contributed by atoms with Gasteiger partial charge in [0, 0.05) is 30.6 Å². The fourth-order valence-electron chi connectivity index (χ4n) is 2.90. The number of H-pyrrole nitrogens is 2. The van der Waals surface area contributed by atoms with E-state index in [1.807, 2.05) is 23.1 Å². The first-order chi connectivity index (χ1) is 11.2. The van der Waals surface area contributed by atoms with E-state index in [2.05, 4.69) is 20.2 Å². The van der Waals surface area contributed by atoms with Crippen molar-refractivity contribution in [2.45, 2.75) is 25.6 Å². The minimum absolute atomic E-state index is 0.437. The fraction of sp³-hybridized carbons (Fsp3) is 0.267. The minimum atomic E-state index is -0.802. The van der Waals surface area contributed by atoms with Gasteiger partial charge in [-0.05, 0) is 18.2 Å². The summed E-state index contributed by atoms with van der Waals surface area (Å²) in [5, 5.41) is 16.4. The Morgan fingerprint density at radius 1 is 1.43 bits per heavy atom. The van der Waals surface area contributed by atoms with Gasteiger partial charge >= 0.3 is 5.97 Å². The Kier molecular flexibility index (Phi) is 3.47. The number of aromatic amines is 2. The summed E-state index contributed by atoms with van der Waals surface area (Å²) in [6.45, 7) is 1.18. The molecule has 3 N–H and O–H groups in total. The smallest absolute Gasteiger partial charge is 0.321 e. The first-order valence-electron chi connectivity index (χ1n) is 7.27. The predicted molar refractivity (Wildman–Crippen MR) is 84.9 cm³/mol. The average Bonchev–Trinajstić information content (AvgIpc) is 3.27. The number of rotatable bonds is 4. The molecule has 0 aliphatic carbocycles. The van der Waals surface area contributed by atoms with E-state index in [9.17, 15) is 9.90 Å². The second-order valence-electron chi connectivity index (χ2n) is 5.53. The van der Waals surface area contributed by atoms with Crippen molar-refractivity contribution in [3.8, 4) is 10.6 Å². The van der Waals surface area contributed by atoms with Gasteiger partial charge in [-0.3, -0.25) is 14.8 Å². The number of nitrogens with zero attached hydrogens (tertiary/aromatic N) is 3. The topological polar surface area (TPSA) is 97.9 Å². The van der Waals surface area contributed by atoms with Crippen LogP contribution in [-0.4, -0.2) is 42.2 Å². The number of thiophene rings is 1. The lowest BCUT2D eigenvalue weighted by Gasteiger charge is -2.31. The van der Waals surface area contributed by atoms with E-state index in [0.717, 1.165) is 26.8 Å². The molecule has 4 heterocycles. The molecule has 23 heavy (non-hydrogen) atoms. The molecule has 1 aliphatic rings.